The monoisotopic (exact) mass is 506 g/mol. The predicted molar refractivity (Wildman–Crippen MR) is 142 cm³/mol. The van der Waals surface area contributed by atoms with Crippen molar-refractivity contribution in [3.63, 3.8) is 0 Å². The van der Waals surface area contributed by atoms with E-state index in [1.807, 2.05) is 73.7 Å². The summed E-state index contributed by atoms with van der Waals surface area (Å²) in [6.45, 7) is 3.00. The van der Waals surface area contributed by atoms with E-state index in [0.717, 1.165) is 39.5 Å². The summed E-state index contributed by atoms with van der Waals surface area (Å²) in [5.41, 5.74) is 3.24. The van der Waals surface area contributed by atoms with Crippen molar-refractivity contribution >= 4 is 11.3 Å². The van der Waals surface area contributed by atoms with Crippen LogP contribution >= 0.6 is 11.3 Å². The van der Waals surface area contributed by atoms with Gasteiger partial charge in [-0.05, 0) is 47.9 Å². The molecule has 0 aliphatic heterocycles. The van der Waals surface area contributed by atoms with E-state index in [2.05, 4.69) is 22.4 Å². The van der Waals surface area contributed by atoms with Gasteiger partial charge in [0.15, 0.2) is 0 Å². The van der Waals surface area contributed by atoms with Crippen LogP contribution in [-0.4, -0.2) is 47.1 Å². The Kier molecular flexibility index (Phi) is 8.78. The molecular formula is C28H30N2O5S. The van der Waals surface area contributed by atoms with Gasteiger partial charge in [-0.1, -0.05) is 65.9 Å². The predicted octanol–water partition coefficient (Wildman–Crippen LogP) is 4.20. The summed E-state index contributed by atoms with van der Waals surface area (Å²) in [6.07, 6.45) is -0.175. The third kappa shape index (κ3) is 7.45. The van der Waals surface area contributed by atoms with Crippen molar-refractivity contribution in [3.05, 3.63) is 99.0 Å². The van der Waals surface area contributed by atoms with Gasteiger partial charge in [0.25, 0.3) is 0 Å². The van der Waals surface area contributed by atoms with E-state index < -0.39 is 6.10 Å². The number of aromatic hydroxyl groups is 1. The molecule has 1 heterocycles. The number of ether oxygens (including phenoxy) is 2. The zero-order valence-electron chi connectivity index (χ0n) is 20.0. The zero-order valence-corrected chi connectivity index (χ0v) is 20.8. The minimum Gasteiger partial charge on any atom is -0.494 e. The van der Waals surface area contributed by atoms with Gasteiger partial charge in [-0.3, -0.25) is 9.78 Å². The molecule has 2 unspecified atom stereocenters. The van der Waals surface area contributed by atoms with Crippen molar-refractivity contribution in [1.82, 2.24) is 10.3 Å². The molecule has 0 saturated carbocycles. The van der Waals surface area contributed by atoms with E-state index >= 15 is 0 Å². The molecule has 0 radical (unpaired) electrons. The van der Waals surface area contributed by atoms with Crippen molar-refractivity contribution in [1.29, 1.82) is 0 Å². The summed E-state index contributed by atoms with van der Waals surface area (Å²) in [4.78, 5) is 14.0. The quantitative estimate of drug-likeness (QED) is 0.230. The molecule has 0 saturated heterocycles. The van der Waals surface area contributed by atoms with Crippen LogP contribution in [0, 0.1) is 0 Å². The van der Waals surface area contributed by atoms with E-state index in [0.29, 0.717) is 24.4 Å². The van der Waals surface area contributed by atoms with E-state index in [1.54, 1.807) is 0 Å². The van der Waals surface area contributed by atoms with Gasteiger partial charge in [0.1, 0.15) is 30.8 Å². The molecule has 4 aromatic rings. The van der Waals surface area contributed by atoms with Gasteiger partial charge in [0.05, 0.1) is 4.88 Å². The maximum absolute atomic E-state index is 11.3. The first-order valence-electron chi connectivity index (χ1n) is 11.8. The fourth-order valence-electron chi connectivity index (χ4n) is 3.60. The van der Waals surface area contributed by atoms with E-state index in [9.17, 15) is 15.0 Å². The molecule has 188 valence electrons. The van der Waals surface area contributed by atoms with Crippen molar-refractivity contribution in [2.45, 2.75) is 25.5 Å². The minimum atomic E-state index is -0.652. The van der Waals surface area contributed by atoms with Gasteiger partial charge in [-0.2, -0.15) is 0 Å². The van der Waals surface area contributed by atoms with Crippen LogP contribution in [0.5, 0.6) is 17.4 Å². The molecule has 3 aromatic carbocycles. The van der Waals surface area contributed by atoms with E-state index in [-0.39, 0.29) is 23.4 Å². The van der Waals surface area contributed by atoms with Crippen LogP contribution in [-0.2, 0) is 6.42 Å². The fourth-order valence-corrected chi connectivity index (χ4v) is 4.36. The third-order valence-electron chi connectivity index (χ3n) is 5.59. The van der Waals surface area contributed by atoms with Gasteiger partial charge in [-0.15, -0.1) is 0 Å². The number of benzene rings is 3. The first kappa shape index (κ1) is 25.5. The molecule has 0 fully saturated rings. The first-order valence-corrected chi connectivity index (χ1v) is 12.6. The Morgan fingerprint density at radius 3 is 2.14 bits per heavy atom. The molecule has 8 heteroatoms. The van der Waals surface area contributed by atoms with Crippen LogP contribution in [0.2, 0.25) is 0 Å². The second-order valence-electron chi connectivity index (χ2n) is 8.58. The molecule has 0 aliphatic rings. The van der Waals surface area contributed by atoms with E-state index in [1.165, 1.54) is 0 Å². The van der Waals surface area contributed by atoms with Crippen LogP contribution in [0.15, 0.2) is 83.7 Å². The molecule has 4 rings (SSSR count). The highest BCUT2D eigenvalue weighted by molar-refractivity contribution is 7.09. The van der Waals surface area contributed by atoms with Crippen LogP contribution in [0.4, 0.5) is 0 Å². The number of aromatic amines is 1. The number of thiazole rings is 1. The molecule has 0 aliphatic carbocycles. The highest BCUT2D eigenvalue weighted by Crippen LogP contribution is 2.23. The highest BCUT2D eigenvalue weighted by atomic mass is 32.1. The molecule has 0 spiro atoms. The molecule has 7 nitrogen and oxygen atoms in total. The zero-order chi connectivity index (χ0) is 25.3. The van der Waals surface area contributed by atoms with Gasteiger partial charge in [0.2, 0.25) is 5.88 Å². The molecule has 4 N–H and O–H groups in total. The third-order valence-corrected chi connectivity index (χ3v) is 6.47. The van der Waals surface area contributed by atoms with Crippen molar-refractivity contribution in [2.24, 2.45) is 0 Å². The molecule has 36 heavy (non-hydrogen) atoms. The Balaban J connectivity index is 1.14. The van der Waals surface area contributed by atoms with Gasteiger partial charge < -0.3 is 25.0 Å². The maximum Gasteiger partial charge on any atom is 0.307 e. The second-order valence-corrected chi connectivity index (χ2v) is 9.65. The summed E-state index contributed by atoms with van der Waals surface area (Å²) in [5.74, 6) is 1.37. The van der Waals surface area contributed by atoms with Gasteiger partial charge in [0, 0.05) is 19.0 Å². The largest absolute Gasteiger partial charge is 0.494 e. The summed E-state index contributed by atoms with van der Waals surface area (Å²) in [7, 11) is 0. The molecular weight excluding hydrogens is 476 g/mol. The normalized spacial score (nSPS) is 12.7. The Hall–Kier alpha value is -3.59. The van der Waals surface area contributed by atoms with E-state index in [4.69, 9.17) is 9.47 Å². The summed E-state index contributed by atoms with van der Waals surface area (Å²) < 4.78 is 11.6. The molecule has 2 atom stereocenters. The highest BCUT2D eigenvalue weighted by Gasteiger charge is 2.10. The Bertz CT molecular complexity index is 1270. The number of H-pyrrole nitrogens is 1. The number of hydrogen-bond donors (Lipinski definition) is 4. The maximum atomic E-state index is 11.3. The number of aliphatic hydroxyl groups excluding tert-OH is 1. The lowest BCUT2D eigenvalue weighted by molar-refractivity contribution is 0.102. The fraction of sp³-hybridized carbons (Fsp3) is 0.250. The Morgan fingerprint density at radius 2 is 1.50 bits per heavy atom. The smallest absolute Gasteiger partial charge is 0.307 e. The first-order chi connectivity index (χ1) is 17.5. The van der Waals surface area contributed by atoms with Crippen LogP contribution < -0.4 is 19.7 Å². The van der Waals surface area contributed by atoms with Gasteiger partial charge in [-0.25, -0.2) is 0 Å². The molecule has 0 bridgehead atoms. The summed E-state index contributed by atoms with van der Waals surface area (Å²) in [5, 5.41) is 23.3. The molecule has 1 aromatic heterocycles. The van der Waals surface area contributed by atoms with Crippen molar-refractivity contribution in [3.8, 4) is 28.5 Å². The number of aromatic nitrogens is 1. The van der Waals surface area contributed by atoms with Crippen molar-refractivity contribution < 1.29 is 19.7 Å². The lowest BCUT2D eigenvalue weighted by Crippen LogP contribution is -2.39. The van der Waals surface area contributed by atoms with Crippen LogP contribution in [0.25, 0.3) is 11.1 Å². The number of rotatable bonds is 12. The lowest BCUT2D eigenvalue weighted by Gasteiger charge is -2.18. The topological polar surface area (TPSA) is 104 Å². The summed E-state index contributed by atoms with van der Waals surface area (Å²) >= 11 is 1.01. The van der Waals surface area contributed by atoms with Gasteiger partial charge >= 0.3 is 4.87 Å². The minimum absolute atomic E-state index is 0.0264. The van der Waals surface area contributed by atoms with Crippen LogP contribution in [0.3, 0.4) is 0 Å². The van der Waals surface area contributed by atoms with Crippen LogP contribution in [0.1, 0.15) is 17.4 Å². The number of aliphatic hydroxyl groups is 1. The lowest BCUT2D eigenvalue weighted by atomic mass is 10.1. The average Bonchev–Trinajstić information content (AvgIpc) is 3.22. The average molecular weight is 507 g/mol. The number of hydrogen-bond acceptors (Lipinski definition) is 7. The SMILES string of the molecule is CC(COc1ccc(Cc2sc(=O)[nH]c2O)cc1)NCC(O)COc1ccc(-c2ccccc2)cc1. The number of nitrogens with one attached hydrogen (secondary N) is 2. The van der Waals surface area contributed by atoms with Crippen molar-refractivity contribution in [2.75, 3.05) is 19.8 Å². The second kappa shape index (κ2) is 12.4. The summed E-state index contributed by atoms with van der Waals surface area (Å²) in [6, 6.07) is 25.5. The Labute approximate surface area is 214 Å². The Morgan fingerprint density at radius 1 is 0.889 bits per heavy atom. The standard InChI is InChI=1S/C28H30N2O5S/c1-19(17-34-24-11-7-20(8-12-24)15-26-27(32)30-28(33)36-26)29-16-23(31)18-35-25-13-9-22(10-14-25)21-5-3-2-4-6-21/h2-14,19,23,29,31-32H,15-18H2,1H3,(H,30,33). The molecule has 0 amide bonds.